The number of likely N-dealkylation sites (N-methyl/N-ethyl adjacent to an activating group) is 1. The monoisotopic (exact) mass is 615 g/mol. The predicted octanol–water partition coefficient (Wildman–Crippen LogP) is 4.22. The molecule has 3 aromatic carbocycles. The summed E-state index contributed by atoms with van der Waals surface area (Å²) in [7, 11) is -2.06. The number of rotatable bonds is 9. The summed E-state index contributed by atoms with van der Waals surface area (Å²) in [5, 5.41) is 10.4. The van der Waals surface area contributed by atoms with Gasteiger partial charge in [0, 0.05) is 30.6 Å². The van der Waals surface area contributed by atoms with Gasteiger partial charge in [-0.15, -0.1) is 0 Å². The number of hydrogen-bond donors (Lipinski definition) is 2. The van der Waals surface area contributed by atoms with Crippen molar-refractivity contribution in [2.75, 3.05) is 38.3 Å². The van der Waals surface area contributed by atoms with Gasteiger partial charge in [-0.2, -0.15) is 0 Å². The fourth-order valence-corrected chi connectivity index (χ4v) is 6.27. The van der Waals surface area contributed by atoms with Crippen molar-refractivity contribution in [2.45, 2.75) is 37.4 Å². The molecule has 0 unspecified atom stereocenters. The van der Waals surface area contributed by atoms with Gasteiger partial charge in [-0.05, 0) is 68.1 Å². The Morgan fingerprint density at radius 2 is 1.86 bits per heavy atom. The number of benzene rings is 3. The molecule has 0 radical (unpaired) electrons. The number of halogens is 1. The average Bonchev–Trinajstić information content (AvgIpc) is 3.43. The number of para-hydroxylation sites is 1. The summed E-state index contributed by atoms with van der Waals surface area (Å²) in [5.74, 6) is 1.05. The van der Waals surface area contributed by atoms with Gasteiger partial charge < -0.3 is 24.2 Å². The number of fused-ring (bicyclic) bond motifs is 2. The maximum absolute atomic E-state index is 13.7. The minimum atomic E-state index is -4.02. The summed E-state index contributed by atoms with van der Waals surface area (Å²) in [4.78, 5) is 17.5. The molecule has 0 saturated heterocycles. The quantitative estimate of drug-likeness (QED) is 0.367. The van der Waals surface area contributed by atoms with Crippen molar-refractivity contribution in [3.8, 4) is 17.2 Å². The third-order valence-corrected chi connectivity index (χ3v) is 9.07. The number of nitrogens with one attached hydrogen (secondary N) is 1. The molecule has 42 heavy (non-hydrogen) atoms. The van der Waals surface area contributed by atoms with Gasteiger partial charge in [-0.25, -0.2) is 8.42 Å². The van der Waals surface area contributed by atoms with Crippen molar-refractivity contribution in [3.63, 3.8) is 0 Å². The Balaban J connectivity index is 1.46. The lowest BCUT2D eigenvalue weighted by atomic mass is 9.99. The fraction of sp³-hybridized carbons (Fsp3) is 0.367. The number of ether oxygens (including phenoxy) is 3. The molecule has 0 spiro atoms. The van der Waals surface area contributed by atoms with E-state index in [4.69, 9.17) is 25.8 Å². The van der Waals surface area contributed by atoms with Crippen LogP contribution in [0.2, 0.25) is 5.02 Å². The van der Waals surface area contributed by atoms with E-state index < -0.39 is 22.2 Å². The molecule has 2 heterocycles. The lowest BCUT2D eigenvalue weighted by Crippen LogP contribution is -2.49. The van der Waals surface area contributed by atoms with Gasteiger partial charge in [0.1, 0.15) is 6.10 Å². The van der Waals surface area contributed by atoms with E-state index in [1.165, 1.54) is 24.3 Å². The number of aliphatic hydroxyl groups excluding tert-OH is 1. The number of amides is 1. The van der Waals surface area contributed by atoms with E-state index >= 15 is 0 Å². The molecule has 0 aromatic heterocycles. The molecule has 1 amide bonds. The Labute approximate surface area is 250 Å². The van der Waals surface area contributed by atoms with E-state index in [2.05, 4.69) is 9.62 Å². The smallest absolute Gasteiger partial charge is 0.262 e. The minimum absolute atomic E-state index is 0.0191. The highest BCUT2D eigenvalue weighted by molar-refractivity contribution is 7.92. The summed E-state index contributed by atoms with van der Waals surface area (Å²) >= 11 is 5.95. The van der Waals surface area contributed by atoms with Crippen molar-refractivity contribution < 1.29 is 32.5 Å². The number of hydrogen-bond acceptors (Lipinski definition) is 8. The number of carbonyl (C=O) groups excluding carboxylic acids is 1. The summed E-state index contributed by atoms with van der Waals surface area (Å²) < 4.78 is 46.7. The normalized spacial score (nSPS) is 19.1. The van der Waals surface area contributed by atoms with Gasteiger partial charge in [-0.1, -0.05) is 30.7 Å². The maximum Gasteiger partial charge on any atom is 0.262 e. The van der Waals surface area contributed by atoms with E-state index in [9.17, 15) is 18.3 Å². The number of nitrogens with zero attached hydrogens (tertiary/aromatic N) is 2. The highest BCUT2D eigenvalue weighted by Gasteiger charge is 2.35. The van der Waals surface area contributed by atoms with Crippen LogP contribution in [0.15, 0.2) is 65.6 Å². The van der Waals surface area contributed by atoms with Crippen LogP contribution in [0.1, 0.15) is 29.8 Å². The number of aliphatic hydroxyl groups is 1. The first-order chi connectivity index (χ1) is 20.1. The molecule has 0 aliphatic carbocycles. The number of anilines is 1. The number of sulfonamides is 1. The molecule has 5 rings (SSSR count). The Morgan fingerprint density at radius 3 is 2.60 bits per heavy atom. The molecule has 3 aromatic rings. The minimum Gasteiger partial charge on any atom is -0.486 e. The second kappa shape index (κ2) is 12.4. The Morgan fingerprint density at radius 1 is 1.12 bits per heavy atom. The summed E-state index contributed by atoms with van der Waals surface area (Å²) in [6.45, 7) is 5.16. The van der Waals surface area contributed by atoms with Crippen LogP contribution in [0, 0.1) is 5.92 Å². The predicted molar refractivity (Wildman–Crippen MR) is 159 cm³/mol. The van der Waals surface area contributed by atoms with Crippen molar-refractivity contribution >= 4 is 33.2 Å². The topological polar surface area (TPSA) is 118 Å². The SMILES string of the molecule is C[C@@H]1CN([C@@H](C)CO)C(=O)c2cccc(NS(=O)(=O)c3ccc(Cl)cc3)c2O[C@@H]1CN(C)Cc1ccc2c(c1)OCO2. The highest BCUT2D eigenvalue weighted by atomic mass is 35.5. The van der Waals surface area contributed by atoms with E-state index in [-0.39, 0.29) is 47.1 Å². The van der Waals surface area contributed by atoms with Gasteiger partial charge in [0.25, 0.3) is 15.9 Å². The van der Waals surface area contributed by atoms with Crippen LogP contribution >= 0.6 is 11.6 Å². The summed E-state index contributed by atoms with van der Waals surface area (Å²) in [5.41, 5.74) is 1.38. The van der Waals surface area contributed by atoms with Gasteiger partial charge in [0.2, 0.25) is 6.79 Å². The molecular formula is C30H34ClN3O7S. The van der Waals surface area contributed by atoms with Crippen molar-refractivity contribution in [1.29, 1.82) is 0 Å². The molecule has 2 aliphatic heterocycles. The average molecular weight is 616 g/mol. The lowest BCUT2D eigenvalue weighted by molar-refractivity contribution is 0.0344. The lowest BCUT2D eigenvalue weighted by Gasteiger charge is -2.38. The van der Waals surface area contributed by atoms with Crippen LogP contribution in [0.3, 0.4) is 0 Å². The highest BCUT2D eigenvalue weighted by Crippen LogP contribution is 2.37. The molecule has 224 valence electrons. The van der Waals surface area contributed by atoms with Crippen molar-refractivity contribution in [3.05, 3.63) is 76.8 Å². The van der Waals surface area contributed by atoms with Crippen molar-refractivity contribution in [1.82, 2.24) is 9.80 Å². The third kappa shape index (κ3) is 6.44. The van der Waals surface area contributed by atoms with Gasteiger partial charge in [0.15, 0.2) is 17.2 Å². The van der Waals surface area contributed by atoms with Gasteiger partial charge >= 0.3 is 0 Å². The van der Waals surface area contributed by atoms with E-state index in [1.54, 1.807) is 30.0 Å². The summed E-state index contributed by atoms with van der Waals surface area (Å²) in [6, 6.07) is 15.9. The van der Waals surface area contributed by atoms with Gasteiger partial charge in [0.05, 0.1) is 28.8 Å². The first kappa shape index (κ1) is 30.0. The molecule has 3 atom stereocenters. The first-order valence-corrected chi connectivity index (χ1v) is 15.5. The molecule has 10 nitrogen and oxygen atoms in total. The largest absolute Gasteiger partial charge is 0.486 e. The zero-order valence-corrected chi connectivity index (χ0v) is 25.2. The fourth-order valence-electron chi connectivity index (χ4n) is 5.08. The maximum atomic E-state index is 13.7. The first-order valence-electron chi connectivity index (χ1n) is 13.6. The van der Waals surface area contributed by atoms with Crippen molar-refractivity contribution in [2.24, 2.45) is 5.92 Å². The van der Waals surface area contributed by atoms with E-state index in [1.807, 2.05) is 32.2 Å². The van der Waals surface area contributed by atoms with Crippen LogP contribution in [-0.2, 0) is 16.6 Å². The molecular weight excluding hydrogens is 582 g/mol. The Hall–Kier alpha value is -3.51. The van der Waals surface area contributed by atoms with E-state index in [0.717, 1.165) is 5.56 Å². The summed E-state index contributed by atoms with van der Waals surface area (Å²) in [6.07, 6.45) is -0.426. The second-order valence-corrected chi connectivity index (χ2v) is 12.9. The standard InChI is InChI=1S/C30H34ClN3O7S/c1-19-14-34(20(2)17-35)30(36)24-5-4-6-25(32-42(37,38)23-10-8-22(31)9-11-23)29(24)41-28(19)16-33(3)15-21-7-12-26-27(13-21)40-18-39-26/h4-13,19-20,28,32,35H,14-18H2,1-3H3/t19-,20+,28-/m1/s1. The molecule has 0 saturated carbocycles. The molecule has 0 fully saturated rings. The number of carbonyl (C=O) groups is 1. The molecule has 12 heteroatoms. The zero-order chi connectivity index (χ0) is 30.0. The molecule has 2 N–H and O–H groups in total. The Bertz CT molecular complexity index is 1550. The van der Waals surface area contributed by atoms with Crippen LogP contribution < -0.4 is 18.9 Å². The Kier molecular flexibility index (Phi) is 8.84. The second-order valence-electron chi connectivity index (χ2n) is 10.7. The van der Waals surface area contributed by atoms with E-state index in [0.29, 0.717) is 36.2 Å². The van der Waals surface area contributed by atoms with Crippen LogP contribution in [0.4, 0.5) is 5.69 Å². The zero-order valence-electron chi connectivity index (χ0n) is 23.6. The molecule has 0 bridgehead atoms. The third-order valence-electron chi connectivity index (χ3n) is 7.44. The van der Waals surface area contributed by atoms with Gasteiger partial charge in [-0.3, -0.25) is 14.4 Å². The molecule has 2 aliphatic rings. The van der Waals surface area contributed by atoms with Crippen LogP contribution in [-0.4, -0.2) is 74.9 Å². The van der Waals surface area contributed by atoms with Crippen LogP contribution in [0.5, 0.6) is 17.2 Å². The van der Waals surface area contributed by atoms with Crippen LogP contribution in [0.25, 0.3) is 0 Å².